The molecule has 60 heavy (non-hydrogen) atoms. The minimum atomic E-state index is -3.20. The third-order valence-electron chi connectivity index (χ3n) is 12.4. The van der Waals surface area contributed by atoms with Crippen LogP contribution in [0.25, 0.3) is 23.3 Å². The van der Waals surface area contributed by atoms with Crippen LogP contribution in [-0.2, 0) is 24.8 Å². The summed E-state index contributed by atoms with van der Waals surface area (Å²) < 4.78 is 51.0. The van der Waals surface area contributed by atoms with Gasteiger partial charge in [0.15, 0.2) is 0 Å². The zero-order valence-electron chi connectivity index (χ0n) is 34.2. The summed E-state index contributed by atoms with van der Waals surface area (Å²) in [7, 11) is -6.34. The summed E-state index contributed by atoms with van der Waals surface area (Å²) in [5.41, 5.74) is 11.0. The highest BCUT2D eigenvalue weighted by molar-refractivity contribution is 7.88. The van der Waals surface area contributed by atoms with E-state index in [1.54, 1.807) is 14.8 Å². The van der Waals surface area contributed by atoms with Crippen LogP contribution >= 0.6 is 23.2 Å². The molecular formula is C46H52Cl2N4O6S2. The van der Waals surface area contributed by atoms with Crippen LogP contribution in [0.1, 0.15) is 115 Å². The van der Waals surface area contributed by atoms with Gasteiger partial charge in [0.1, 0.15) is 0 Å². The monoisotopic (exact) mass is 890 g/mol. The van der Waals surface area contributed by atoms with Crippen LogP contribution in [0.4, 0.5) is 0 Å². The molecule has 8 rings (SSSR count). The van der Waals surface area contributed by atoms with Gasteiger partial charge in [-0.15, -0.1) is 0 Å². The first-order valence-electron chi connectivity index (χ1n) is 20.6. The molecule has 2 aliphatic carbocycles. The van der Waals surface area contributed by atoms with Crippen molar-refractivity contribution in [2.45, 2.75) is 70.1 Å². The molecule has 4 heterocycles. The number of benzene rings is 2. The molecule has 318 valence electrons. The molecular weight excluding hydrogens is 840 g/mol. The number of fused-ring (bicyclic) bond motifs is 4. The Hall–Kier alpha value is -3.91. The van der Waals surface area contributed by atoms with Crippen molar-refractivity contribution in [3.05, 3.63) is 128 Å². The van der Waals surface area contributed by atoms with Crippen LogP contribution in [0.3, 0.4) is 0 Å². The first kappa shape index (κ1) is 44.2. The van der Waals surface area contributed by atoms with Crippen molar-refractivity contribution in [1.29, 1.82) is 0 Å². The van der Waals surface area contributed by atoms with E-state index in [9.17, 15) is 26.7 Å². The molecule has 0 amide bonds. The highest BCUT2D eigenvalue weighted by atomic mass is 35.5. The van der Waals surface area contributed by atoms with Crippen LogP contribution in [0.5, 0.6) is 0 Å². The largest absolute Gasteiger partial charge is 0.481 e. The molecule has 0 spiro atoms. The second-order valence-electron chi connectivity index (χ2n) is 16.4. The molecule has 2 unspecified atom stereocenters. The zero-order chi connectivity index (χ0) is 42.8. The fourth-order valence-corrected chi connectivity index (χ4v) is 11.7. The van der Waals surface area contributed by atoms with Crippen LogP contribution in [0, 0.1) is 11.8 Å². The number of rotatable bonds is 9. The average molecular weight is 892 g/mol. The SMILES string of the molecule is CCCC1=Cc2cc(Cl)ccc2C(C2CCN(S(C)(=O)=O)CC2)c2ncccc21.CS(=O)(=O)N1CCC(C2c3ccc(Cl)cc3C=C(CCC(=O)O)c3cccnc32)CC1. The van der Waals surface area contributed by atoms with Crippen molar-refractivity contribution >= 4 is 72.5 Å². The molecule has 2 aromatic heterocycles. The van der Waals surface area contributed by atoms with Gasteiger partial charge in [-0.25, -0.2) is 25.4 Å². The Balaban J connectivity index is 0.000000182. The molecule has 2 fully saturated rings. The zero-order valence-corrected chi connectivity index (χ0v) is 37.4. The Kier molecular flexibility index (Phi) is 13.7. The Morgan fingerprint density at radius 2 is 1.10 bits per heavy atom. The van der Waals surface area contributed by atoms with Gasteiger partial charge in [0.25, 0.3) is 0 Å². The smallest absolute Gasteiger partial charge is 0.303 e. The number of carbonyl (C=O) groups is 1. The predicted molar refractivity (Wildman–Crippen MR) is 241 cm³/mol. The number of allylic oxidation sites excluding steroid dienone is 2. The van der Waals surface area contributed by atoms with E-state index >= 15 is 0 Å². The maximum absolute atomic E-state index is 12.0. The highest BCUT2D eigenvalue weighted by Gasteiger charge is 2.37. The van der Waals surface area contributed by atoms with E-state index in [0.717, 1.165) is 82.8 Å². The molecule has 2 aromatic carbocycles. The number of sulfonamides is 2. The molecule has 0 saturated carbocycles. The van der Waals surface area contributed by atoms with E-state index in [1.807, 2.05) is 54.7 Å². The summed E-state index contributed by atoms with van der Waals surface area (Å²) in [4.78, 5) is 20.8. The fraction of sp³-hybridized carbons (Fsp3) is 0.413. The van der Waals surface area contributed by atoms with Crippen LogP contribution in [0.15, 0.2) is 73.1 Å². The van der Waals surface area contributed by atoms with Crippen molar-refractivity contribution in [2.75, 3.05) is 38.7 Å². The Labute approximate surface area is 364 Å². The van der Waals surface area contributed by atoms with Crippen molar-refractivity contribution in [3.63, 3.8) is 0 Å². The molecule has 2 saturated heterocycles. The predicted octanol–water partition coefficient (Wildman–Crippen LogP) is 9.45. The number of carboxylic acid groups (broad SMARTS) is 1. The minimum Gasteiger partial charge on any atom is -0.481 e. The van der Waals surface area contributed by atoms with Crippen molar-refractivity contribution < 1.29 is 26.7 Å². The molecule has 14 heteroatoms. The Morgan fingerprint density at radius 3 is 1.48 bits per heavy atom. The lowest BCUT2D eigenvalue weighted by Gasteiger charge is -2.35. The number of hydrogen-bond donors (Lipinski definition) is 1. The summed E-state index contributed by atoms with van der Waals surface area (Å²) in [6.07, 6.45) is 16.1. The van der Waals surface area contributed by atoms with Gasteiger partial charge < -0.3 is 5.11 Å². The number of nitrogens with zero attached hydrogens (tertiary/aromatic N) is 4. The lowest BCUT2D eigenvalue weighted by molar-refractivity contribution is -0.136. The lowest BCUT2D eigenvalue weighted by atomic mass is 9.76. The van der Waals surface area contributed by atoms with E-state index in [-0.39, 0.29) is 24.2 Å². The first-order chi connectivity index (χ1) is 28.6. The van der Waals surface area contributed by atoms with Crippen LogP contribution in [0.2, 0.25) is 10.0 Å². The number of piperidine rings is 2. The van der Waals surface area contributed by atoms with Gasteiger partial charge in [-0.2, -0.15) is 0 Å². The quantitative estimate of drug-likeness (QED) is 0.176. The second kappa shape index (κ2) is 18.6. The number of carboxylic acids is 1. The minimum absolute atomic E-state index is 0.0104. The summed E-state index contributed by atoms with van der Waals surface area (Å²) in [5, 5.41) is 10.6. The first-order valence-corrected chi connectivity index (χ1v) is 25.1. The molecule has 4 aromatic rings. The molecule has 10 nitrogen and oxygen atoms in total. The van der Waals surface area contributed by atoms with Crippen molar-refractivity contribution in [1.82, 2.24) is 18.6 Å². The molecule has 1 N–H and O–H groups in total. The van der Waals surface area contributed by atoms with Crippen molar-refractivity contribution in [2.24, 2.45) is 11.8 Å². The standard InChI is InChI=1S/C23H25ClN2O4S.C23H27ClN2O2S/c1-31(29,30)26-11-8-15(9-12-26)22-19-6-5-18(24)14-17(19)13-16(4-7-21(27)28)20-3-2-10-25-23(20)22;1-3-5-17-14-18-15-19(24)7-8-20(18)22(23-21(17)6-4-11-25-23)16-9-12-26(13-10-16)29(2,27)28/h2-3,5-6,10,13-15,22H,4,7-9,11-12H2,1H3,(H,27,28);4,6-8,11,14-16,22H,3,5,9-10,12-13H2,1-2H3. The second-order valence-corrected chi connectivity index (χ2v) is 21.2. The number of halogens is 2. The average Bonchev–Trinajstić information content (AvgIpc) is 3.43. The molecule has 0 bridgehead atoms. The highest BCUT2D eigenvalue weighted by Crippen LogP contribution is 2.47. The lowest BCUT2D eigenvalue weighted by Crippen LogP contribution is -2.39. The van der Waals surface area contributed by atoms with E-state index in [4.69, 9.17) is 33.2 Å². The number of aromatic nitrogens is 2. The van der Waals surface area contributed by atoms with Gasteiger partial charge in [0, 0.05) is 66.9 Å². The van der Waals surface area contributed by atoms with Gasteiger partial charge >= 0.3 is 5.97 Å². The third-order valence-corrected chi connectivity index (χ3v) is 15.5. The summed E-state index contributed by atoms with van der Waals surface area (Å²) in [6.45, 7) is 4.31. The Bertz CT molecular complexity index is 2530. The summed E-state index contributed by atoms with van der Waals surface area (Å²) in [5.74, 6) is -0.143. The van der Waals surface area contributed by atoms with E-state index < -0.39 is 26.0 Å². The van der Waals surface area contributed by atoms with Crippen molar-refractivity contribution in [3.8, 4) is 0 Å². The maximum Gasteiger partial charge on any atom is 0.303 e. The fourth-order valence-electron chi connectivity index (χ4n) is 9.57. The molecule has 2 atom stereocenters. The van der Waals surface area contributed by atoms with E-state index in [0.29, 0.717) is 43.5 Å². The number of pyridine rings is 2. The van der Waals surface area contributed by atoms with Gasteiger partial charge in [0.05, 0.1) is 23.9 Å². The van der Waals surface area contributed by atoms with Gasteiger partial charge in [-0.05, 0) is 131 Å². The van der Waals surface area contributed by atoms with E-state index in [2.05, 4.69) is 31.2 Å². The van der Waals surface area contributed by atoms with Gasteiger partial charge in [0.2, 0.25) is 20.0 Å². The van der Waals surface area contributed by atoms with E-state index in [1.165, 1.54) is 29.2 Å². The number of hydrogen-bond acceptors (Lipinski definition) is 7. The van der Waals surface area contributed by atoms with Crippen LogP contribution in [-0.4, -0.2) is 85.2 Å². The van der Waals surface area contributed by atoms with Gasteiger partial charge in [-0.1, -0.05) is 73.0 Å². The molecule has 2 aliphatic heterocycles. The summed E-state index contributed by atoms with van der Waals surface area (Å²) in [6, 6.07) is 20.0. The maximum atomic E-state index is 12.0. The normalized spacial score (nSPS) is 20.1. The van der Waals surface area contributed by atoms with Gasteiger partial charge in [-0.3, -0.25) is 14.8 Å². The number of aliphatic carboxylic acids is 1. The topological polar surface area (TPSA) is 138 Å². The third kappa shape index (κ3) is 9.90. The van der Waals surface area contributed by atoms with Crippen LogP contribution < -0.4 is 0 Å². The summed E-state index contributed by atoms with van der Waals surface area (Å²) >= 11 is 12.7. The molecule has 4 aliphatic rings. The molecule has 0 radical (unpaired) electrons. The Morgan fingerprint density at radius 1 is 0.683 bits per heavy atom.